The van der Waals surface area contributed by atoms with Crippen LogP contribution in [0, 0.1) is 5.92 Å². The van der Waals surface area contributed by atoms with Crippen LogP contribution in [0.15, 0.2) is 11.4 Å². The van der Waals surface area contributed by atoms with Gasteiger partial charge in [0, 0.05) is 16.9 Å². The van der Waals surface area contributed by atoms with E-state index in [1.807, 2.05) is 6.07 Å². The third-order valence-electron chi connectivity index (χ3n) is 3.21. The molecule has 1 unspecified atom stereocenters. The second-order valence-electron chi connectivity index (χ2n) is 4.45. The van der Waals surface area contributed by atoms with Gasteiger partial charge in [0.1, 0.15) is 0 Å². The zero-order valence-electron chi connectivity index (χ0n) is 9.29. The van der Waals surface area contributed by atoms with Gasteiger partial charge in [0.05, 0.1) is 0 Å². The van der Waals surface area contributed by atoms with Crippen molar-refractivity contribution in [1.82, 2.24) is 0 Å². The predicted molar refractivity (Wildman–Crippen MR) is 64.6 cm³/mol. The van der Waals surface area contributed by atoms with E-state index in [2.05, 4.69) is 12.3 Å². The lowest BCUT2D eigenvalue weighted by Gasteiger charge is -2.20. The first kappa shape index (κ1) is 10.9. The number of hydrogen-bond donors (Lipinski definition) is 0. The van der Waals surface area contributed by atoms with Crippen LogP contribution in [-0.4, -0.2) is 5.78 Å². The molecule has 1 aliphatic carbocycles. The molecule has 0 bridgehead atoms. The summed E-state index contributed by atoms with van der Waals surface area (Å²) in [7, 11) is 0. The van der Waals surface area contributed by atoms with Gasteiger partial charge < -0.3 is 0 Å². The largest absolute Gasteiger partial charge is 0.294 e. The molecule has 0 saturated heterocycles. The Hall–Kier alpha value is -0.630. The molecule has 0 spiro atoms. The van der Waals surface area contributed by atoms with E-state index in [1.165, 1.54) is 30.6 Å². The summed E-state index contributed by atoms with van der Waals surface area (Å²) in [5.41, 5.74) is 1.01. The van der Waals surface area contributed by atoms with Crippen molar-refractivity contribution in [3.8, 4) is 0 Å². The van der Waals surface area contributed by atoms with Crippen molar-refractivity contribution in [2.75, 3.05) is 0 Å². The van der Waals surface area contributed by atoms with Gasteiger partial charge in [-0.15, -0.1) is 11.3 Å². The number of Topliss-reactive ketones (excluding diaryl/α,β-unsaturated/α-hetero) is 1. The fourth-order valence-electron chi connectivity index (χ4n) is 2.34. The summed E-state index contributed by atoms with van der Waals surface area (Å²) < 4.78 is 0. The number of unbranched alkanes of at least 4 members (excludes halogenated alkanes) is 2. The molecule has 1 aromatic rings. The van der Waals surface area contributed by atoms with Crippen molar-refractivity contribution in [1.29, 1.82) is 0 Å². The standard InChI is InChI=1S/C13H18OS/c1-2-3-4-5-10-8-12(14)11-6-7-15-13(11)9-10/h6-7,10H,2-5,8-9H2,1H3. The van der Waals surface area contributed by atoms with E-state index >= 15 is 0 Å². The van der Waals surface area contributed by atoms with Gasteiger partial charge in [0.15, 0.2) is 5.78 Å². The van der Waals surface area contributed by atoms with Gasteiger partial charge in [-0.3, -0.25) is 4.79 Å². The Bertz CT molecular complexity index is 340. The summed E-state index contributed by atoms with van der Waals surface area (Å²) in [5, 5.41) is 2.05. The summed E-state index contributed by atoms with van der Waals surface area (Å²) in [4.78, 5) is 13.1. The lowest BCUT2D eigenvalue weighted by molar-refractivity contribution is 0.0947. The number of ketones is 1. The van der Waals surface area contributed by atoms with Crippen LogP contribution in [0.1, 0.15) is 54.3 Å². The first-order chi connectivity index (χ1) is 7.31. The maximum absolute atomic E-state index is 11.8. The van der Waals surface area contributed by atoms with Crippen molar-refractivity contribution in [2.45, 2.75) is 45.4 Å². The van der Waals surface area contributed by atoms with Gasteiger partial charge in [-0.2, -0.15) is 0 Å². The lowest BCUT2D eigenvalue weighted by Crippen LogP contribution is -2.18. The van der Waals surface area contributed by atoms with Crippen LogP contribution in [-0.2, 0) is 6.42 Å². The molecule has 0 saturated carbocycles. The number of fused-ring (bicyclic) bond motifs is 1. The summed E-state index contributed by atoms with van der Waals surface area (Å²) in [6.07, 6.45) is 7.02. The highest BCUT2D eigenvalue weighted by atomic mass is 32.1. The quantitative estimate of drug-likeness (QED) is 0.702. The Balaban J connectivity index is 1.94. The second kappa shape index (κ2) is 4.93. The van der Waals surface area contributed by atoms with Gasteiger partial charge in [-0.1, -0.05) is 26.2 Å². The van der Waals surface area contributed by atoms with Gasteiger partial charge in [0.25, 0.3) is 0 Å². The lowest BCUT2D eigenvalue weighted by atomic mass is 9.85. The van der Waals surface area contributed by atoms with Crippen molar-refractivity contribution in [3.63, 3.8) is 0 Å². The normalized spacial score (nSPS) is 20.3. The average Bonchev–Trinajstić information content (AvgIpc) is 2.66. The average molecular weight is 222 g/mol. The highest BCUT2D eigenvalue weighted by molar-refractivity contribution is 7.10. The molecule has 0 radical (unpaired) electrons. The van der Waals surface area contributed by atoms with Crippen molar-refractivity contribution >= 4 is 17.1 Å². The fourth-order valence-corrected chi connectivity index (χ4v) is 3.35. The Morgan fingerprint density at radius 1 is 1.40 bits per heavy atom. The molecule has 1 nitrogen and oxygen atoms in total. The molecular weight excluding hydrogens is 204 g/mol. The smallest absolute Gasteiger partial charge is 0.164 e. The maximum atomic E-state index is 11.8. The van der Waals surface area contributed by atoms with Crippen LogP contribution in [0.5, 0.6) is 0 Å². The molecule has 0 N–H and O–H groups in total. The second-order valence-corrected chi connectivity index (χ2v) is 5.45. The maximum Gasteiger partial charge on any atom is 0.164 e. The van der Waals surface area contributed by atoms with E-state index in [4.69, 9.17) is 0 Å². The zero-order valence-corrected chi connectivity index (χ0v) is 10.1. The molecule has 15 heavy (non-hydrogen) atoms. The summed E-state index contributed by atoms with van der Waals surface area (Å²) in [6, 6.07) is 1.99. The Morgan fingerprint density at radius 3 is 3.07 bits per heavy atom. The van der Waals surface area contributed by atoms with Crippen molar-refractivity contribution < 1.29 is 4.79 Å². The molecule has 82 valence electrons. The van der Waals surface area contributed by atoms with Crippen LogP contribution in [0.4, 0.5) is 0 Å². The van der Waals surface area contributed by atoms with E-state index in [9.17, 15) is 4.79 Å². The third kappa shape index (κ3) is 2.49. The Labute approximate surface area is 95.5 Å². The Morgan fingerprint density at radius 2 is 2.27 bits per heavy atom. The molecule has 2 rings (SSSR count). The van der Waals surface area contributed by atoms with E-state index in [0.717, 1.165) is 18.4 Å². The van der Waals surface area contributed by atoms with Crippen molar-refractivity contribution in [3.05, 3.63) is 21.9 Å². The molecule has 0 fully saturated rings. The van der Waals surface area contributed by atoms with Crippen LogP contribution in [0.25, 0.3) is 0 Å². The van der Waals surface area contributed by atoms with Crippen molar-refractivity contribution in [2.24, 2.45) is 5.92 Å². The molecule has 1 aliphatic rings. The highest BCUT2D eigenvalue weighted by Crippen LogP contribution is 2.32. The minimum absolute atomic E-state index is 0.374. The van der Waals surface area contributed by atoms with E-state index in [-0.39, 0.29) is 0 Å². The van der Waals surface area contributed by atoms with Gasteiger partial charge >= 0.3 is 0 Å². The highest BCUT2D eigenvalue weighted by Gasteiger charge is 2.25. The molecule has 1 atom stereocenters. The first-order valence-electron chi connectivity index (χ1n) is 5.90. The monoisotopic (exact) mass is 222 g/mol. The van der Waals surface area contributed by atoms with E-state index in [0.29, 0.717) is 11.7 Å². The first-order valence-corrected chi connectivity index (χ1v) is 6.78. The summed E-state index contributed by atoms with van der Waals surface area (Å²) >= 11 is 1.75. The van der Waals surface area contributed by atoms with Crippen LogP contribution in [0.2, 0.25) is 0 Å². The fraction of sp³-hybridized carbons (Fsp3) is 0.615. The minimum atomic E-state index is 0.374. The van der Waals surface area contributed by atoms with Gasteiger partial charge in [-0.25, -0.2) is 0 Å². The van der Waals surface area contributed by atoms with E-state index in [1.54, 1.807) is 11.3 Å². The number of carbonyl (C=O) groups excluding carboxylic acids is 1. The van der Waals surface area contributed by atoms with Crippen LogP contribution < -0.4 is 0 Å². The van der Waals surface area contributed by atoms with Crippen LogP contribution >= 0.6 is 11.3 Å². The number of carbonyl (C=O) groups is 1. The molecule has 1 aromatic heterocycles. The topological polar surface area (TPSA) is 17.1 Å². The molecule has 0 aliphatic heterocycles. The molecule has 2 heteroatoms. The van der Waals surface area contributed by atoms with Gasteiger partial charge in [0.2, 0.25) is 0 Å². The molecule has 0 aromatic carbocycles. The summed E-state index contributed by atoms with van der Waals surface area (Å²) in [5.74, 6) is 0.995. The third-order valence-corrected chi connectivity index (χ3v) is 4.15. The number of rotatable bonds is 4. The van der Waals surface area contributed by atoms with Gasteiger partial charge in [-0.05, 0) is 30.2 Å². The Kier molecular flexibility index (Phi) is 3.57. The van der Waals surface area contributed by atoms with E-state index < -0.39 is 0 Å². The zero-order chi connectivity index (χ0) is 10.7. The number of hydrogen-bond acceptors (Lipinski definition) is 2. The summed E-state index contributed by atoms with van der Waals surface area (Å²) in [6.45, 7) is 2.23. The minimum Gasteiger partial charge on any atom is -0.294 e. The van der Waals surface area contributed by atoms with Crippen LogP contribution in [0.3, 0.4) is 0 Å². The SMILES string of the molecule is CCCCCC1CC(=O)c2ccsc2C1. The molecular formula is C13H18OS. The number of thiophene rings is 1. The molecule has 1 heterocycles. The molecule has 0 amide bonds. The predicted octanol–water partition coefficient (Wildman–Crippen LogP) is 4.07.